The summed E-state index contributed by atoms with van der Waals surface area (Å²) in [6, 6.07) is 57.8. The third kappa shape index (κ3) is 16.0. The first-order chi connectivity index (χ1) is 55.4. The minimum atomic E-state index is -0.786. The van der Waals surface area contributed by atoms with Crippen LogP contribution in [0.3, 0.4) is 0 Å². The van der Waals surface area contributed by atoms with Gasteiger partial charge >= 0.3 is 47.8 Å². The summed E-state index contributed by atoms with van der Waals surface area (Å²) >= 11 is 0. The number of nitrogens with two attached hydrogens (primary N) is 4. The number of ether oxygens (including phenoxy) is 8. The number of nitrogen functional groups attached to an aromatic ring is 4. The molecule has 9 fully saturated rings. The van der Waals surface area contributed by atoms with Crippen molar-refractivity contribution in [3.63, 3.8) is 0 Å². The number of benzene rings is 8. The average Bonchev–Trinajstić information content (AvgIpc) is 1.52. The first-order valence-corrected chi connectivity index (χ1v) is 35.7. The Bertz CT molecular complexity index is 4930. The Labute approximate surface area is 657 Å². The van der Waals surface area contributed by atoms with E-state index >= 15 is 0 Å². The quantitative estimate of drug-likeness (QED) is 0.0339. The van der Waals surface area contributed by atoms with E-state index in [2.05, 4.69) is 18.9 Å². The van der Waals surface area contributed by atoms with Crippen LogP contribution in [0.2, 0.25) is 0 Å². The Morgan fingerprint density at radius 1 is 0.233 bits per heavy atom. The molecular formula is C84H68N8O24. The van der Waals surface area contributed by atoms with Crippen LogP contribution in [-0.4, -0.2) is 119 Å². The number of carbonyl (C=O) groups excluding carboxylic acids is 16. The summed E-state index contributed by atoms with van der Waals surface area (Å²) < 4.78 is 40.0. The van der Waals surface area contributed by atoms with Gasteiger partial charge in [0, 0.05) is 61.1 Å². The summed E-state index contributed by atoms with van der Waals surface area (Å²) in [5.41, 5.74) is 28.4. The van der Waals surface area contributed by atoms with Gasteiger partial charge in [-0.15, -0.1) is 0 Å². The Kier molecular flexibility index (Phi) is 22.2. The number of hydrogen-bond acceptors (Lipinski definition) is 28. The summed E-state index contributed by atoms with van der Waals surface area (Å²) in [4.78, 5) is 187. The number of imide groups is 4. The molecule has 6 saturated heterocycles. The van der Waals surface area contributed by atoms with Gasteiger partial charge < -0.3 is 60.8 Å². The highest BCUT2D eigenvalue weighted by Crippen LogP contribution is 2.58. The van der Waals surface area contributed by atoms with E-state index in [0.29, 0.717) is 28.6 Å². The van der Waals surface area contributed by atoms with Gasteiger partial charge in [-0.1, -0.05) is 35.4 Å². The molecule has 8 aliphatic heterocycles. The van der Waals surface area contributed by atoms with E-state index in [0.717, 1.165) is 82.2 Å². The van der Waals surface area contributed by atoms with E-state index in [-0.39, 0.29) is 35.4 Å². The molecule has 0 spiro atoms. The summed E-state index contributed by atoms with van der Waals surface area (Å²) in [7, 11) is 2.85. The fraction of sp³-hybridized carbons (Fsp3) is 0.190. The number of carbonyl (C=O) groups is 16. The van der Waals surface area contributed by atoms with Crippen LogP contribution >= 0.6 is 0 Å². The standard InChI is InChI=1S/C22H18N2O5.C17H13NO3.2C12H12N2O.2C8H4O6.C5H5NO2/c1-11-3-7-13(8-4-11)29-14-9-5-12(6-10-14)24-21(27)17-15-16(18(17)22(24)28)20(26)23(2)19(15)25;1-12-2-6-14(7-3-12)21-15-8-4-13(5-9-15)18-16(19)10-11-17(18)20;2*13-9-1-5-11(6-2-9)15-12-7-3-10(14)4-8-12;2*9-5-1-2(6(10)13-5)4-3(1)7(11)14-8(4)12;1-6-4(7)2-3-5(6)8/h3-10,15-18H,1-2H3;2-11H,1H3;2*1-8H,13-14H2;2*1-4H;2-3H,1H3. The van der Waals surface area contributed by atoms with Gasteiger partial charge in [-0.25, -0.2) is 4.90 Å². The molecule has 8 amide bonds. The summed E-state index contributed by atoms with van der Waals surface area (Å²) in [5, 5.41) is 0. The number of hydrogen-bond donors (Lipinski definition) is 4. The van der Waals surface area contributed by atoms with Crippen LogP contribution in [0.15, 0.2) is 218 Å². The van der Waals surface area contributed by atoms with Gasteiger partial charge in [0.2, 0.25) is 23.6 Å². The van der Waals surface area contributed by atoms with Crippen molar-refractivity contribution in [3.8, 4) is 46.0 Å². The topological polar surface area (TPSA) is 464 Å². The number of likely N-dealkylation sites (tertiary alicyclic amines) is 1. The van der Waals surface area contributed by atoms with E-state index in [1.54, 1.807) is 97.1 Å². The van der Waals surface area contributed by atoms with Crippen LogP contribution in [-0.2, 0) is 95.7 Å². The molecular weight excluding hydrogens is 1500 g/mol. The van der Waals surface area contributed by atoms with Crippen LogP contribution in [0.4, 0.5) is 34.1 Å². The summed E-state index contributed by atoms with van der Waals surface area (Å²) in [6.07, 6.45) is 5.03. The molecule has 8 heterocycles. The lowest BCUT2D eigenvalue weighted by Gasteiger charge is -2.36. The number of cyclic esters (lactones) is 8. The molecule has 116 heavy (non-hydrogen) atoms. The molecule has 3 aliphatic carbocycles. The highest BCUT2D eigenvalue weighted by atomic mass is 16.6. The van der Waals surface area contributed by atoms with E-state index in [1.807, 2.05) is 111 Å². The zero-order chi connectivity index (χ0) is 82.8. The van der Waals surface area contributed by atoms with Crippen molar-refractivity contribution < 1.29 is 115 Å². The zero-order valence-corrected chi connectivity index (χ0v) is 61.6. The number of rotatable bonds is 10. The second kappa shape index (κ2) is 32.6. The molecule has 0 radical (unpaired) electrons. The molecule has 0 aromatic heterocycles. The third-order valence-corrected chi connectivity index (χ3v) is 20.4. The summed E-state index contributed by atoms with van der Waals surface area (Å²) in [5.74, 6) is -11.9. The van der Waals surface area contributed by atoms with Crippen LogP contribution in [0.5, 0.6) is 46.0 Å². The maximum absolute atomic E-state index is 12.9. The van der Waals surface area contributed by atoms with Gasteiger partial charge in [0.05, 0.1) is 82.4 Å². The largest absolute Gasteiger partial charge is 0.457 e. The van der Waals surface area contributed by atoms with E-state index in [4.69, 9.17) is 41.9 Å². The minimum Gasteiger partial charge on any atom is -0.457 e. The lowest BCUT2D eigenvalue weighted by molar-refractivity contribution is -0.158. The van der Waals surface area contributed by atoms with Gasteiger partial charge in [-0.2, -0.15) is 0 Å². The Morgan fingerprint density at radius 2 is 0.422 bits per heavy atom. The maximum Gasteiger partial charge on any atom is 0.318 e. The van der Waals surface area contributed by atoms with Gasteiger partial charge in [-0.3, -0.25) is 91.4 Å². The molecule has 32 nitrogen and oxygen atoms in total. The Morgan fingerprint density at radius 3 is 0.638 bits per heavy atom. The first-order valence-electron chi connectivity index (χ1n) is 35.7. The van der Waals surface area contributed by atoms with Crippen molar-refractivity contribution in [1.82, 2.24) is 9.80 Å². The van der Waals surface area contributed by atoms with Gasteiger partial charge in [0.25, 0.3) is 23.6 Å². The van der Waals surface area contributed by atoms with Crippen molar-refractivity contribution in [2.75, 3.05) is 46.8 Å². The molecule has 3 saturated carbocycles. The smallest absolute Gasteiger partial charge is 0.318 e. The van der Waals surface area contributed by atoms with Gasteiger partial charge in [-0.05, 0) is 184 Å². The van der Waals surface area contributed by atoms with Crippen molar-refractivity contribution in [1.29, 1.82) is 0 Å². The predicted molar refractivity (Wildman–Crippen MR) is 404 cm³/mol. The lowest BCUT2D eigenvalue weighted by Crippen LogP contribution is -2.50. The number of anilines is 6. The second-order valence-corrected chi connectivity index (χ2v) is 27.7. The maximum atomic E-state index is 12.9. The second-order valence-electron chi connectivity index (χ2n) is 27.7. The third-order valence-electron chi connectivity index (χ3n) is 20.4. The molecule has 588 valence electrons. The van der Waals surface area contributed by atoms with Crippen LogP contribution < -0.4 is 51.7 Å². The normalized spacial score (nSPS) is 23.9. The molecule has 11 aliphatic rings. The van der Waals surface area contributed by atoms with Gasteiger partial charge in [0.15, 0.2) is 0 Å². The molecule has 0 bridgehead atoms. The zero-order valence-electron chi connectivity index (χ0n) is 61.6. The molecule has 4 unspecified atom stereocenters. The SMILES string of the molecule is CN1C(=O)C=CC1=O.Cc1ccc(Oc2ccc(N3C(=O)C4C5C(=O)N(C)C(=O)C5C4C3=O)cc2)cc1.Cc1ccc(Oc2ccc(N3C(=O)C=CC3=O)cc2)cc1.Nc1ccc(Oc2ccc(N)cc2)cc1.Nc1ccc(Oc2ccc(N)cc2)cc1.O=C1OC(=O)C2C1C1C(=O)OC(=O)C21.O=C1OC(=O)C2C1C1C(=O)OC(=O)C21. The number of likely N-dealkylation sites (N-methyl/N-ethyl adjacent to an activating group) is 1. The fourth-order valence-corrected chi connectivity index (χ4v) is 14.3. The molecule has 8 N–H and O–H groups in total. The molecule has 8 aromatic carbocycles. The number of nitrogens with zero attached hydrogens (tertiary/aromatic N) is 4. The van der Waals surface area contributed by atoms with Crippen molar-refractivity contribution >= 4 is 129 Å². The molecule has 4 atom stereocenters. The van der Waals surface area contributed by atoms with Crippen molar-refractivity contribution in [2.45, 2.75) is 13.8 Å². The lowest BCUT2D eigenvalue weighted by atomic mass is 9.59. The number of amides is 8. The van der Waals surface area contributed by atoms with Crippen LogP contribution in [0.25, 0.3) is 0 Å². The fourth-order valence-electron chi connectivity index (χ4n) is 14.3. The molecule has 8 aromatic rings. The highest BCUT2D eigenvalue weighted by Gasteiger charge is 2.75. The minimum absolute atomic E-state index is 0.241. The van der Waals surface area contributed by atoms with Crippen LogP contribution in [0, 0.1) is 84.9 Å². The predicted octanol–water partition coefficient (Wildman–Crippen LogP) is 7.45. The monoisotopic (exact) mass is 1570 g/mol. The van der Waals surface area contributed by atoms with E-state index in [9.17, 15) is 76.7 Å². The van der Waals surface area contributed by atoms with E-state index in [1.165, 1.54) is 38.4 Å². The Hall–Kier alpha value is -15.2. The van der Waals surface area contributed by atoms with Crippen molar-refractivity contribution in [2.24, 2.45) is 71.0 Å². The van der Waals surface area contributed by atoms with E-state index < -0.39 is 131 Å². The van der Waals surface area contributed by atoms with Crippen LogP contribution in [0.1, 0.15) is 11.1 Å². The number of aryl methyl sites for hydroxylation is 2. The number of esters is 8. The molecule has 32 heteroatoms. The number of fused-ring (bicyclic) bond motifs is 12. The highest BCUT2D eigenvalue weighted by molar-refractivity contribution is 6.29. The summed E-state index contributed by atoms with van der Waals surface area (Å²) in [6.45, 7) is 4.00. The molecule has 19 rings (SSSR count). The van der Waals surface area contributed by atoms with Gasteiger partial charge in [0.1, 0.15) is 46.0 Å². The average molecular weight is 1570 g/mol. The Balaban J connectivity index is 0.000000121. The van der Waals surface area contributed by atoms with Crippen molar-refractivity contribution in [3.05, 3.63) is 230 Å². The first kappa shape index (κ1) is 78.9.